The molecular formula is C16H14N2O3S2. The van der Waals surface area contributed by atoms with Crippen molar-refractivity contribution in [2.45, 2.75) is 11.8 Å². The summed E-state index contributed by atoms with van der Waals surface area (Å²) in [5, 5.41) is 12.3. The van der Waals surface area contributed by atoms with E-state index in [1.807, 2.05) is 13.0 Å². The molecule has 0 N–H and O–H groups in total. The predicted molar refractivity (Wildman–Crippen MR) is 88.1 cm³/mol. The van der Waals surface area contributed by atoms with Gasteiger partial charge in [-0.3, -0.25) is 0 Å². The number of sulfonamides is 1. The Hall–Kier alpha value is -2.12. The van der Waals surface area contributed by atoms with Crippen LogP contribution in [-0.4, -0.2) is 19.2 Å². The van der Waals surface area contributed by atoms with E-state index >= 15 is 0 Å². The molecule has 0 radical (unpaired) electrons. The number of aryl methyl sites for hydroxylation is 1. The van der Waals surface area contributed by atoms with Crippen molar-refractivity contribution in [1.82, 2.24) is 0 Å². The minimum Gasteiger partial charge on any atom is -0.870 e. The minimum absolute atomic E-state index is 0.118. The summed E-state index contributed by atoms with van der Waals surface area (Å²) in [4.78, 5) is 0.118. The minimum atomic E-state index is -3.84. The van der Waals surface area contributed by atoms with Gasteiger partial charge in [-0.05, 0) is 24.8 Å². The molecule has 118 valence electrons. The summed E-state index contributed by atoms with van der Waals surface area (Å²) in [6, 6.07) is 11.8. The Bertz CT molecular complexity index is 887. The highest BCUT2D eigenvalue weighted by Crippen LogP contribution is 2.27. The Balaban J connectivity index is 2.03. The van der Waals surface area contributed by atoms with Gasteiger partial charge in [0.05, 0.1) is 4.90 Å². The molecule has 1 aromatic carbocycles. The van der Waals surface area contributed by atoms with Gasteiger partial charge in [0.15, 0.2) is 17.4 Å². The fraction of sp³-hybridized carbons (Fsp3) is 0.125. The monoisotopic (exact) mass is 346 g/mol. The van der Waals surface area contributed by atoms with Gasteiger partial charge in [-0.2, -0.15) is 13.0 Å². The number of benzene rings is 1. The lowest BCUT2D eigenvalue weighted by atomic mass is 10.2. The van der Waals surface area contributed by atoms with Gasteiger partial charge in [0.2, 0.25) is 5.70 Å². The van der Waals surface area contributed by atoms with Crippen LogP contribution in [-0.2, 0) is 10.0 Å². The Morgan fingerprint density at radius 2 is 1.78 bits per heavy atom. The molecule has 0 unspecified atom stereocenters. The van der Waals surface area contributed by atoms with Crippen LogP contribution in [0.5, 0.6) is 0 Å². The molecule has 0 aliphatic carbocycles. The second-order valence-electron chi connectivity index (χ2n) is 5.03. The second kappa shape index (κ2) is 6.17. The zero-order valence-electron chi connectivity index (χ0n) is 12.3. The van der Waals surface area contributed by atoms with E-state index in [-0.39, 0.29) is 21.5 Å². The van der Waals surface area contributed by atoms with E-state index in [2.05, 4.69) is 4.40 Å². The van der Waals surface area contributed by atoms with Gasteiger partial charge in [0.25, 0.3) is 10.0 Å². The maximum absolute atomic E-state index is 12.4. The van der Waals surface area contributed by atoms with Crippen molar-refractivity contribution in [3.05, 3.63) is 66.2 Å². The van der Waals surface area contributed by atoms with E-state index in [1.165, 1.54) is 12.1 Å². The van der Waals surface area contributed by atoms with E-state index in [4.69, 9.17) is 0 Å². The summed E-state index contributed by atoms with van der Waals surface area (Å²) in [5.41, 5.74) is 1.26. The van der Waals surface area contributed by atoms with Gasteiger partial charge in [0.1, 0.15) is 0 Å². The number of aromatic nitrogens is 1. The van der Waals surface area contributed by atoms with Crippen molar-refractivity contribution in [3.63, 3.8) is 0 Å². The Labute approximate surface area is 139 Å². The molecule has 0 bridgehead atoms. The highest BCUT2D eigenvalue weighted by Gasteiger charge is 2.28. The van der Waals surface area contributed by atoms with Gasteiger partial charge < -0.3 is 5.11 Å². The first-order valence-corrected chi connectivity index (χ1v) is 9.31. The topological polar surface area (TPSA) is 73.4 Å². The SMILES string of the molecule is Cc1ccc(S(=O)(=O)N=C2SCC([O-])=C2[n+]2ccccc2)cc1. The van der Waals surface area contributed by atoms with Crippen molar-refractivity contribution < 1.29 is 18.1 Å². The Kier molecular flexibility index (Phi) is 4.23. The molecule has 1 aliphatic heterocycles. The lowest BCUT2D eigenvalue weighted by molar-refractivity contribution is -0.580. The smallest absolute Gasteiger partial charge is 0.283 e. The standard InChI is InChI=1S/C16H14N2O3S2/c1-12-5-7-13(8-6-12)23(20,21)17-16-15(14(19)11-22-16)18-9-3-2-4-10-18/h2-10H,11H2,1H3. The molecule has 0 atom stereocenters. The second-order valence-corrected chi connectivity index (χ2v) is 7.60. The summed E-state index contributed by atoms with van der Waals surface area (Å²) >= 11 is 1.14. The van der Waals surface area contributed by atoms with Crippen LogP contribution < -0.4 is 9.67 Å². The molecule has 7 heteroatoms. The first-order chi connectivity index (χ1) is 11.0. The number of pyridine rings is 1. The number of nitrogens with zero attached hydrogens (tertiary/aromatic N) is 2. The Morgan fingerprint density at radius 3 is 2.43 bits per heavy atom. The summed E-state index contributed by atoms with van der Waals surface area (Å²) in [6.07, 6.45) is 3.40. The van der Waals surface area contributed by atoms with E-state index < -0.39 is 10.0 Å². The van der Waals surface area contributed by atoms with Crippen LogP contribution in [0.15, 0.2) is 69.9 Å². The molecule has 2 heterocycles. The average molecular weight is 346 g/mol. The molecule has 0 fully saturated rings. The number of hydrogen-bond acceptors (Lipinski definition) is 4. The zero-order valence-corrected chi connectivity index (χ0v) is 14.0. The molecule has 2 aromatic rings. The maximum atomic E-state index is 12.4. The molecule has 0 saturated carbocycles. The van der Waals surface area contributed by atoms with Crippen molar-refractivity contribution in [2.75, 3.05) is 5.75 Å². The molecule has 0 spiro atoms. The summed E-state index contributed by atoms with van der Waals surface area (Å²) in [5.74, 6) is 0.0588. The number of thioether (sulfide) groups is 1. The van der Waals surface area contributed by atoms with Crippen LogP contribution in [0.4, 0.5) is 0 Å². The van der Waals surface area contributed by atoms with Crippen molar-refractivity contribution in [3.8, 4) is 0 Å². The predicted octanol–water partition coefficient (Wildman–Crippen LogP) is 1.35. The quantitative estimate of drug-likeness (QED) is 0.786. The third-order valence-electron chi connectivity index (χ3n) is 3.30. The van der Waals surface area contributed by atoms with Gasteiger partial charge in [0, 0.05) is 17.9 Å². The molecule has 0 amide bonds. The lowest BCUT2D eigenvalue weighted by Gasteiger charge is -2.05. The summed E-state index contributed by atoms with van der Waals surface area (Å²) < 4.78 is 30.4. The van der Waals surface area contributed by atoms with Gasteiger partial charge >= 0.3 is 0 Å². The summed E-state index contributed by atoms with van der Waals surface area (Å²) in [6.45, 7) is 1.88. The first kappa shape index (κ1) is 15.8. The molecule has 5 nitrogen and oxygen atoms in total. The van der Waals surface area contributed by atoms with Crippen molar-refractivity contribution in [1.29, 1.82) is 0 Å². The largest absolute Gasteiger partial charge is 0.870 e. The number of rotatable bonds is 3. The average Bonchev–Trinajstić information content (AvgIpc) is 2.88. The van der Waals surface area contributed by atoms with Gasteiger partial charge in [-0.15, -0.1) is 4.40 Å². The first-order valence-electron chi connectivity index (χ1n) is 6.89. The third kappa shape index (κ3) is 3.30. The van der Waals surface area contributed by atoms with E-state index in [0.717, 1.165) is 17.3 Å². The van der Waals surface area contributed by atoms with E-state index in [1.54, 1.807) is 41.2 Å². The van der Waals surface area contributed by atoms with Crippen LogP contribution in [0, 0.1) is 6.92 Å². The highest BCUT2D eigenvalue weighted by atomic mass is 32.2. The lowest BCUT2D eigenvalue weighted by Crippen LogP contribution is -2.35. The van der Waals surface area contributed by atoms with Gasteiger partial charge in [-0.25, -0.2) is 0 Å². The van der Waals surface area contributed by atoms with E-state index in [0.29, 0.717) is 5.70 Å². The third-order valence-corrected chi connectivity index (χ3v) is 5.67. The fourth-order valence-corrected chi connectivity index (χ4v) is 4.29. The highest BCUT2D eigenvalue weighted by molar-refractivity contribution is 8.16. The summed E-state index contributed by atoms with van der Waals surface area (Å²) in [7, 11) is -3.84. The molecular weight excluding hydrogens is 332 g/mol. The van der Waals surface area contributed by atoms with Crippen LogP contribution in [0.2, 0.25) is 0 Å². The molecule has 1 aliphatic rings. The van der Waals surface area contributed by atoms with Crippen LogP contribution in [0.3, 0.4) is 0 Å². The fourth-order valence-electron chi connectivity index (χ4n) is 2.13. The van der Waals surface area contributed by atoms with Gasteiger partial charge in [-0.1, -0.05) is 35.5 Å². The van der Waals surface area contributed by atoms with Crippen LogP contribution >= 0.6 is 11.8 Å². The van der Waals surface area contributed by atoms with Crippen molar-refractivity contribution >= 4 is 32.5 Å². The Morgan fingerprint density at radius 1 is 1.13 bits per heavy atom. The van der Waals surface area contributed by atoms with Crippen LogP contribution in [0.25, 0.3) is 5.70 Å². The molecule has 1 aromatic heterocycles. The normalized spacial score (nSPS) is 17.0. The molecule has 0 saturated heterocycles. The van der Waals surface area contributed by atoms with E-state index in [9.17, 15) is 13.5 Å². The number of hydrogen-bond donors (Lipinski definition) is 0. The van der Waals surface area contributed by atoms with Crippen molar-refractivity contribution in [2.24, 2.45) is 4.40 Å². The molecule has 23 heavy (non-hydrogen) atoms. The molecule has 3 rings (SSSR count). The van der Waals surface area contributed by atoms with Crippen LogP contribution in [0.1, 0.15) is 5.56 Å². The maximum Gasteiger partial charge on any atom is 0.283 e. The zero-order chi connectivity index (χ0) is 16.4.